The van der Waals surface area contributed by atoms with Crippen LogP contribution in [0.4, 0.5) is 0 Å². The van der Waals surface area contributed by atoms with Gasteiger partial charge in [-0.25, -0.2) is 0 Å². The Kier molecular flexibility index (Phi) is 3.48. The second kappa shape index (κ2) is 5.05. The lowest BCUT2D eigenvalue weighted by Crippen LogP contribution is -2.28. The summed E-state index contributed by atoms with van der Waals surface area (Å²) < 4.78 is 0. The average molecular weight is 225 g/mol. The summed E-state index contributed by atoms with van der Waals surface area (Å²) >= 11 is 0. The Morgan fingerprint density at radius 3 is 2.47 bits per heavy atom. The van der Waals surface area contributed by atoms with Gasteiger partial charge in [0.2, 0.25) is 0 Å². The van der Waals surface area contributed by atoms with Crippen LogP contribution in [0.25, 0.3) is 5.57 Å². The van der Waals surface area contributed by atoms with Crippen LogP contribution in [0.15, 0.2) is 60.3 Å². The highest BCUT2D eigenvalue weighted by Gasteiger charge is 2.16. The van der Waals surface area contributed by atoms with Gasteiger partial charge in [-0.05, 0) is 30.6 Å². The minimum absolute atomic E-state index is 0.396. The third-order valence-corrected chi connectivity index (χ3v) is 3.11. The summed E-state index contributed by atoms with van der Waals surface area (Å²) in [6.07, 6.45) is 8.83. The number of hydrogen-bond acceptors (Lipinski definition) is 1. The van der Waals surface area contributed by atoms with E-state index in [1.54, 1.807) is 0 Å². The highest BCUT2D eigenvalue weighted by molar-refractivity contribution is 5.75. The second-order valence-corrected chi connectivity index (χ2v) is 4.47. The fourth-order valence-corrected chi connectivity index (χ4v) is 2.25. The first kappa shape index (κ1) is 11.7. The molecule has 0 radical (unpaired) electrons. The standard InChI is InChI=1S/C16H19N/c1-4-8-16-13(2)11-15(12-17(16)3)14-9-6-5-7-10-14/h4-12,16H,1-3H3/b8-4-. The number of hydrogen-bond donors (Lipinski definition) is 0. The Hall–Kier alpha value is -1.76. The summed E-state index contributed by atoms with van der Waals surface area (Å²) in [4.78, 5) is 2.26. The minimum atomic E-state index is 0.396. The Labute approximate surface area is 104 Å². The van der Waals surface area contributed by atoms with E-state index in [4.69, 9.17) is 0 Å². The van der Waals surface area contributed by atoms with Crippen molar-refractivity contribution in [1.29, 1.82) is 0 Å². The van der Waals surface area contributed by atoms with Gasteiger partial charge in [-0.2, -0.15) is 0 Å². The van der Waals surface area contributed by atoms with E-state index >= 15 is 0 Å². The molecule has 0 amide bonds. The highest BCUT2D eigenvalue weighted by Crippen LogP contribution is 2.26. The smallest absolute Gasteiger partial charge is 0.0678 e. The van der Waals surface area contributed by atoms with Crippen molar-refractivity contribution in [2.45, 2.75) is 19.9 Å². The minimum Gasteiger partial charge on any atom is -0.370 e. The molecule has 1 aromatic rings. The molecule has 88 valence electrons. The first-order valence-electron chi connectivity index (χ1n) is 6.02. The molecule has 0 saturated heterocycles. The van der Waals surface area contributed by atoms with Crippen LogP contribution in [0.5, 0.6) is 0 Å². The topological polar surface area (TPSA) is 3.24 Å². The summed E-state index contributed by atoms with van der Waals surface area (Å²) in [5.41, 5.74) is 3.94. The molecule has 1 unspecified atom stereocenters. The van der Waals surface area contributed by atoms with Crippen molar-refractivity contribution in [3.63, 3.8) is 0 Å². The Morgan fingerprint density at radius 1 is 1.18 bits per heavy atom. The highest BCUT2D eigenvalue weighted by atomic mass is 15.1. The molecule has 0 saturated carbocycles. The summed E-state index contributed by atoms with van der Waals surface area (Å²) in [5.74, 6) is 0. The lowest BCUT2D eigenvalue weighted by molar-refractivity contribution is 0.420. The molecule has 0 aromatic heterocycles. The molecule has 0 aliphatic carbocycles. The molecule has 1 heterocycles. The summed E-state index contributed by atoms with van der Waals surface area (Å²) in [6.45, 7) is 4.26. The van der Waals surface area contributed by atoms with E-state index in [-0.39, 0.29) is 0 Å². The van der Waals surface area contributed by atoms with E-state index < -0.39 is 0 Å². The molecule has 1 atom stereocenters. The van der Waals surface area contributed by atoms with Crippen LogP contribution in [-0.4, -0.2) is 18.0 Å². The maximum absolute atomic E-state index is 2.28. The maximum Gasteiger partial charge on any atom is 0.0678 e. The van der Waals surface area contributed by atoms with Crippen molar-refractivity contribution in [2.75, 3.05) is 7.05 Å². The van der Waals surface area contributed by atoms with Gasteiger partial charge in [-0.15, -0.1) is 0 Å². The first-order chi connectivity index (χ1) is 8.22. The van der Waals surface area contributed by atoms with Crippen LogP contribution in [0.1, 0.15) is 19.4 Å². The van der Waals surface area contributed by atoms with Crippen molar-refractivity contribution in [3.8, 4) is 0 Å². The Morgan fingerprint density at radius 2 is 1.88 bits per heavy atom. The first-order valence-corrected chi connectivity index (χ1v) is 6.02. The van der Waals surface area contributed by atoms with E-state index in [2.05, 4.69) is 80.6 Å². The van der Waals surface area contributed by atoms with Crippen LogP contribution < -0.4 is 0 Å². The number of rotatable bonds is 2. The van der Waals surface area contributed by atoms with Gasteiger partial charge < -0.3 is 4.90 Å². The Bertz CT molecular complexity index is 466. The van der Waals surface area contributed by atoms with E-state index in [1.807, 2.05) is 0 Å². The Balaban J connectivity index is 2.32. The molecule has 0 spiro atoms. The van der Waals surface area contributed by atoms with Crippen LogP contribution in [0, 0.1) is 0 Å². The van der Waals surface area contributed by atoms with Crippen molar-refractivity contribution in [1.82, 2.24) is 4.90 Å². The van der Waals surface area contributed by atoms with Crippen LogP contribution in [0.3, 0.4) is 0 Å². The summed E-state index contributed by atoms with van der Waals surface area (Å²) in [6, 6.07) is 10.9. The van der Waals surface area contributed by atoms with Crippen molar-refractivity contribution < 1.29 is 0 Å². The number of likely N-dealkylation sites (N-methyl/N-ethyl adjacent to an activating group) is 1. The third-order valence-electron chi connectivity index (χ3n) is 3.11. The average Bonchev–Trinajstić information content (AvgIpc) is 2.35. The van der Waals surface area contributed by atoms with Gasteiger partial charge in [-0.3, -0.25) is 0 Å². The lowest BCUT2D eigenvalue weighted by Gasteiger charge is -2.30. The molecule has 1 aliphatic rings. The summed E-state index contributed by atoms with van der Waals surface area (Å²) in [5, 5.41) is 0. The molecule has 1 nitrogen and oxygen atoms in total. The predicted molar refractivity (Wildman–Crippen MR) is 74.5 cm³/mol. The molecule has 1 heteroatoms. The van der Waals surface area contributed by atoms with Gasteiger partial charge in [-0.1, -0.05) is 48.6 Å². The molecular formula is C16H19N. The van der Waals surface area contributed by atoms with E-state index in [0.717, 1.165) is 0 Å². The van der Waals surface area contributed by atoms with Gasteiger partial charge in [0.15, 0.2) is 0 Å². The van der Waals surface area contributed by atoms with Gasteiger partial charge in [0, 0.05) is 13.2 Å². The van der Waals surface area contributed by atoms with Crippen LogP contribution in [0.2, 0.25) is 0 Å². The van der Waals surface area contributed by atoms with Crippen molar-refractivity contribution in [3.05, 3.63) is 65.9 Å². The van der Waals surface area contributed by atoms with E-state index in [9.17, 15) is 0 Å². The number of nitrogens with zero attached hydrogens (tertiary/aromatic N) is 1. The zero-order valence-corrected chi connectivity index (χ0v) is 10.7. The molecule has 2 rings (SSSR count). The fraction of sp³-hybridized carbons (Fsp3) is 0.250. The van der Waals surface area contributed by atoms with Crippen LogP contribution >= 0.6 is 0 Å². The predicted octanol–water partition coefficient (Wildman–Crippen LogP) is 3.86. The molecular weight excluding hydrogens is 206 g/mol. The largest absolute Gasteiger partial charge is 0.370 e. The number of allylic oxidation sites excluding steroid dienone is 3. The number of benzene rings is 1. The molecule has 0 fully saturated rings. The molecule has 0 N–H and O–H groups in total. The van der Waals surface area contributed by atoms with Crippen molar-refractivity contribution >= 4 is 5.57 Å². The molecule has 1 aromatic carbocycles. The maximum atomic E-state index is 2.28. The third kappa shape index (κ3) is 2.50. The zero-order valence-electron chi connectivity index (χ0n) is 10.7. The normalized spacial score (nSPS) is 20.4. The van der Waals surface area contributed by atoms with Crippen molar-refractivity contribution in [2.24, 2.45) is 0 Å². The molecule has 17 heavy (non-hydrogen) atoms. The van der Waals surface area contributed by atoms with E-state index in [1.165, 1.54) is 16.7 Å². The molecule has 1 aliphatic heterocycles. The monoisotopic (exact) mass is 225 g/mol. The fourth-order valence-electron chi connectivity index (χ4n) is 2.25. The van der Waals surface area contributed by atoms with E-state index in [0.29, 0.717) is 6.04 Å². The van der Waals surface area contributed by atoms with Gasteiger partial charge >= 0.3 is 0 Å². The second-order valence-electron chi connectivity index (χ2n) is 4.47. The van der Waals surface area contributed by atoms with Gasteiger partial charge in [0.25, 0.3) is 0 Å². The quantitative estimate of drug-likeness (QED) is 0.691. The van der Waals surface area contributed by atoms with Gasteiger partial charge in [0.1, 0.15) is 0 Å². The van der Waals surface area contributed by atoms with Crippen LogP contribution in [-0.2, 0) is 0 Å². The lowest BCUT2D eigenvalue weighted by atomic mass is 9.96. The zero-order chi connectivity index (χ0) is 12.3. The SMILES string of the molecule is C/C=C\C1C(C)=CC(c2ccccc2)=CN1C. The summed E-state index contributed by atoms with van der Waals surface area (Å²) in [7, 11) is 2.13. The van der Waals surface area contributed by atoms with Gasteiger partial charge in [0.05, 0.1) is 6.04 Å². The molecule has 0 bridgehead atoms.